The fourth-order valence-corrected chi connectivity index (χ4v) is 3.89. The summed E-state index contributed by atoms with van der Waals surface area (Å²) in [6.07, 6.45) is 0. The largest absolute Gasteiger partial charge is 0.250 e. The number of sulfonamides is 1. The van der Waals surface area contributed by atoms with Crippen LogP contribution < -0.4 is 4.72 Å². The van der Waals surface area contributed by atoms with E-state index in [2.05, 4.69) is 20.7 Å². The molecule has 0 radical (unpaired) electrons. The molecule has 1 heterocycles. The van der Waals surface area contributed by atoms with E-state index in [9.17, 15) is 8.42 Å². The summed E-state index contributed by atoms with van der Waals surface area (Å²) in [5, 5.41) is 2.54. The van der Waals surface area contributed by atoms with Crippen molar-refractivity contribution >= 4 is 37.3 Å². The van der Waals surface area contributed by atoms with Crippen LogP contribution in [0.5, 0.6) is 0 Å². The lowest BCUT2D eigenvalue weighted by Gasteiger charge is -2.18. The van der Waals surface area contributed by atoms with E-state index in [4.69, 9.17) is 0 Å². The Morgan fingerprint density at radius 3 is 2.67 bits per heavy atom. The number of nitrogens with one attached hydrogen (secondary N) is 1. The first-order valence-electron chi connectivity index (χ1n) is 4.59. The van der Waals surface area contributed by atoms with Gasteiger partial charge in [-0.05, 0) is 24.3 Å². The predicted octanol–water partition coefficient (Wildman–Crippen LogP) is 2.45. The fourth-order valence-electron chi connectivity index (χ4n) is 0.969. The molecule has 15 heavy (non-hydrogen) atoms. The smallest absolute Gasteiger partial charge is 0.207 e. The van der Waals surface area contributed by atoms with E-state index in [-0.39, 0.29) is 12.0 Å². The molecule has 0 fully saturated rings. The second kappa shape index (κ2) is 5.43. The molecule has 86 valence electrons. The highest BCUT2D eigenvalue weighted by Crippen LogP contribution is 2.17. The molecular weight excluding hydrogens is 298 g/mol. The van der Waals surface area contributed by atoms with Gasteiger partial charge in [0.05, 0.1) is 0 Å². The third-order valence-corrected chi connectivity index (χ3v) is 6.18. The number of rotatable bonds is 5. The molecule has 1 aromatic rings. The van der Waals surface area contributed by atoms with Crippen LogP contribution >= 0.6 is 27.3 Å². The standard InChI is InChI=1S/C9H14BrNO2S2/c1-7(6-10)8(2)11-15(12,13)9-4-3-5-14-9/h3-5,7-8,11H,6H2,1-2H3. The Balaban J connectivity index is 2.74. The number of hydrogen-bond donors (Lipinski definition) is 1. The maximum absolute atomic E-state index is 11.8. The van der Waals surface area contributed by atoms with Crippen molar-refractivity contribution in [2.75, 3.05) is 5.33 Å². The third kappa shape index (κ3) is 3.55. The summed E-state index contributed by atoms with van der Waals surface area (Å²) in [5.41, 5.74) is 0. The molecule has 3 nitrogen and oxygen atoms in total. The minimum absolute atomic E-state index is 0.0727. The average molecular weight is 312 g/mol. The Labute approximate surface area is 103 Å². The topological polar surface area (TPSA) is 46.2 Å². The first-order chi connectivity index (χ1) is 6.97. The van der Waals surface area contributed by atoms with E-state index >= 15 is 0 Å². The Hall–Kier alpha value is 0.0900. The summed E-state index contributed by atoms with van der Waals surface area (Å²) in [7, 11) is -3.32. The Kier molecular flexibility index (Phi) is 4.76. The molecule has 0 spiro atoms. The zero-order valence-electron chi connectivity index (χ0n) is 8.60. The molecule has 0 bridgehead atoms. The van der Waals surface area contributed by atoms with Crippen molar-refractivity contribution in [3.8, 4) is 0 Å². The minimum Gasteiger partial charge on any atom is -0.207 e. The fraction of sp³-hybridized carbons (Fsp3) is 0.556. The van der Waals surface area contributed by atoms with Crippen LogP contribution in [0.15, 0.2) is 21.7 Å². The van der Waals surface area contributed by atoms with E-state index in [0.29, 0.717) is 4.21 Å². The van der Waals surface area contributed by atoms with E-state index in [1.807, 2.05) is 13.8 Å². The van der Waals surface area contributed by atoms with E-state index in [1.165, 1.54) is 11.3 Å². The normalized spacial score (nSPS) is 16.2. The first kappa shape index (κ1) is 13.2. The van der Waals surface area contributed by atoms with Gasteiger partial charge in [0.25, 0.3) is 0 Å². The van der Waals surface area contributed by atoms with Gasteiger partial charge in [-0.15, -0.1) is 11.3 Å². The van der Waals surface area contributed by atoms with Crippen molar-refractivity contribution in [2.24, 2.45) is 5.92 Å². The molecule has 1 aromatic heterocycles. The van der Waals surface area contributed by atoms with Gasteiger partial charge >= 0.3 is 0 Å². The summed E-state index contributed by atoms with van der Waals surface area (Å²) in [6, 6.07) is 3.27. The van der Waals surface area contributed by atoms with E-state index in [0.717, 1.165) is 5.33 Å². The molecular formula is C9H14BrNO2S2. The number of alkyl halides is 1. The second-order valence-corrected chi connectivity index (χ2v) is 7.01. The minimum atomic E-state index is -3.32. The lowest BCUT2D eigenvalue weighted by atomic mass is 10.1. The van der Waals surface area contributed by atoms with Crippen LogP contribution in [0.25, 0.3) is 0 Å². The molecule has 6 heteroatoms. The molecule has 2 unspecified atom stereocenters. The predicted molar refractivity (Wildman–Crippen MR) is 67.1 cm³/mol. The molecule has 0 aliphatic rings. The average Bonchev–Trinajstić information content (AvgIpc) is 2.69. The molecule has 0 saturated heterocycles. The van der Waals surface area contributed by atoms with Crippen LogP contribution in [-0.4, -0.2) is 19.8 Å². The van der Waals surface area contributed by atoms with Gasteiger partial charge in [0.1, 0.15) is 4.21 Å². The molecule has 2 atom stereocenters. The van der Waals surface area contributed by atoms with Crippen LogP contribution in [0.1, 0.15) is 13.8 Å². The Morgan fingerprint density at radius 1 is 1.53 bits per heavy atom. The highest BCUT2D eigenvalue weighted by molar-refractivity contribution is 9.09. The third-order valence-electron chi connectivity index (χ3n) is 2.20. The van der Waals surface area contributed by atoms with Crippen LogP contribution in [0.3, 0.4) is 0 Å². The highest BCUT2D eigenvalue weighted by atomic mass is 79.9. The molecule has 1 N–H and O–H groups in total. The van der Waals surface area contributed by atoms with Crippen LogP contribution in [0.4, 0.5) is 0 Å². The number of halogens is 1. The first-order valence-corrected chi connectivity index (χ1v) is 8.07. The van der Waals surface area contributed by atoms with Crippen molar-refractivity contribution in [1.82, 2.24) is 4.72 Å². The van der Waals surface area contributed by atoms with E-state index in [1.54, 1.807) is 17.5 Å². The molecule has 1 rings (SSSR count). The van der Waals surface area contributed by atoms with Gasteiger partial charge in [0.2, 0.25) is 10.0 Å². The summed E-state index contributed by atoms with van der Waals surface area (Å²) < 4.78 is 26.6. The number of thiophene rings is 1. The monoisotopic (exact) mass is 311 g/mol. The maximum Gasteiger partial charge on any atom is 0.250 e. The van der Waals surface area contributed by atoms with Crippen molar-refractivity contribution in [1.29, 1.82) is 0 Å². The zero-order valence-corrected chi connectivity index (χ0v) is 11.8. The summed E-state index contributed by atoms with van der Waals surface area (Å²) in [6.45, 7) is 3.87. The molecule has 0 amide bonds. The SMILES string of the molecule is CC(CBr)C(C)NS(=O)(=O)c1cccs1. The van der Waals surface area contributed by atoms with Crippen LogP contribution in [0, 0.1) is 5.92 Å². The van der Waals surface area contributed by atoms with Crippen LogP contribution in [0.2, 0.25) is 0 Å². The lowest BCUT2D eigenvalue weighted by molar-refractivity contribution is 0.485. The van der Waals surface area contributed by atoms with Gasteiger partial charge in [0.15, 0.2) is 0 Å². The van der Waals surface area contributed by atoms with Crippen molar-refractivity contribution in [2.45, 2.75) is 24.1 Å². The van der Waals surface area contributed by atoms with Gasteiger partial charge in [-0.3, -0.25) is 0 Å². The lowest BCUT2D eigenvalue weighted by Crippen LogP contribution is -2.37. The van der Waals surface area contributed by atoms with Gasteiger partial charge in [-0.1, -0.05) is 28.9 Å². The quantitative estimate of drug-likeness (QED) is 0.849. The highest BCUT2D eigenvalue weighted by Gasteiger charge is 2.21. The molecule has 0 aromatic carbocycles. The van der Waals surface area contributed by atoms with Crippen molar-refractivity contribution in [3.05, 3.63) is 17.5 Å². The molecule has 0 saturated carbocycles. The van der Waals surface area contributed by atoms with Gasteiger partial charge in [-0.25, -0.2) is 13.1 Å². The Morgan fingerprint density at radius 2 is 2.20 bits per heavy atom. The molecule has 0 aliphatic heterocycles. The zero-order chi connectivity index (χ0) is 11.5. The van der Waals surface area contributed by atoms with Gasteiger partial charge in [-0.2, -0.15) is 0 Å². The summed E-state index contributed by atoms with van der Waals surface area (Å²) in [4.78, 5) is 0. The summed E-state index contributed by atoms with van der Waals surface area (Å²) >= 11 is 4.57. The van der Waals surface area contributed by atoms with E-state index < -0.39 is 10.0 Å². The molecule has 0 aliphatic carbocycles. The maximum atomic E-state index is 11.8. The van der Waals surface area contributed by atoms with Gasteiger partial charge in [0, 0.05) is 11.4 Å². The van der Waals surface area contributed by atoms with Crippen LogP contribution in [-0.2, 0) is 10.0 Å². The van der Waals surface area contributed by atoms with Crippen molar-refractivity contribution in [3.63, 3.8) is 0 Å². The second-order valence-electron chi connectivity index (χ2n) is 3.47. The number of hydrogen-bond acceptors (Lipinski definition) is 3. The van der Waals surface area contributed by atoms with Crippen molar-refractivity contribution < 1.29 is 8.42 Å². The summed E-state index contributed by atoms with van der Waals surface area (Å²) in [5.74, 6) is 0.264. The van der Waals surface area contributed by atoms with Gasteiger partial charge < -0.3 is 0 Å². The Bertz CT molecular complexity index is 388.